The zero-order valence-electron chi connectivity index (χ0n) is 8.98. The predicted molar refractivity (Wildman–Crippen MR) is 70.3 cm³/mol. The minimum Gasteiger partial charge on any atom is -0.317 e. The number of piperidine rings is 1. The van der Waals surface area contributed by atoms with Crippen LogP contribution in [-0.2, 0) is 0 Å². The number of thiazole rings is 1. The van der Waals surface area contributed by atoms with Crippen molar-refractivity contribution in [2.75, 3.05) is 13.1 Å². The zero-order valence-corrected chi connectivity index (χ0v) is 10.6. The summed E-state index contributed by atoms with van der Waals surface area (Å²) in [5, 5.41) is 8.93. The molecule has 0 amide bonds. The molecule has 3 rings (SSSR count). The molecular weight excluding hydrogens is 236 g/mol. The van der Waals surface area contributed by atoms with Crippen LogP contribution in [0.5, 0.6) is 0 Å². The van der Waals surface area contributed by atoms with E-state index in [2.05, 4.69) is 28.2 Å². The molecule has 0 aromatic carbocycles. The average molecular weight is 250 g/mol. The van der Waals surface area contributed by atoms with Gasteiger partial charge in [-0.1, -0.05) is 6.07 Å². The summed E-state index contributed by atoms with van der Waals surface area (Å²) < 4.78 is 0. The van der Waals surface area contributed by atoms with E-state index in [1.165, 1.54) is 28.4 Å². The summed E-state index contributed by atoms with van der Waals surface area (Å²) in [6.45, 7) is 2.27. The van der Waals surface area contributed by atoms with E-state index in [0.29, 0.717) is 5.92 Å². The minimum absolute atomic E-state index is 0.672. The number of hydrogen-bond acceptors (Lipinski definition) is 4. The molecule has 0 unspecified atom stereocenters. The Bertz CT molecular complexity index is 441. The fourth-order valence-corrected chi connectivity index (χ4v) is 3.82. The molecule has 1 N–H and O–H groups in total. The highest BCUT2D eigenvalue weighted by molar-refractivity contribution is 7.20. The van der Waals surface area contributed by atoms with E-state index in [9.17, 15) is 0 Å². The fraction of sp³-hybridized carbons (Fsp3) is 0.417. The quantitative estimate of drug-likeness (QED) is 0.884. The van der Waals surface area contributed by atoms with Crippen LogP contribution in [0.1, 0.15) is 24.5 Å². The Balaban J connectivity index is 1.82. The second-order valence-electron chi connectivity index (χ2n) is 4.08. The largest absolute Gasteiger partial charge is 0.317 e. The van der Waals surface area contributed by atoms with Gasteiger partial charge in [0.15, 0.2) is 0 Å². The monoisotopic (exact) mass is 250 g/mol. The fourth-order valence-electron chi connectivity index (χ4n) is 2.10. The molecule has 2 aromatic heterocycles. The molecule has 1 aliphatic heterocycles. The van der Waals surface area contributed by atoms with Crippen LogP contribution in [0.25, 0.3) is 9.88 Å². The highest BCUT2D eigenvalue weighted by Crippen LogP contribution is 2.32. The number of hydrogen-bond donors (Lipinski definition) is 1. The molecule has 2 nitrogen and oxygen atoms in total. The second kappa shape index (κ2) is 4.65. The van der Waals surface area contributed by atoms with Gasteiger partial charge in [-0.05, 0) is 37.4 Å². The van der Waals surface area contributed by atoms with Crippen LogP contribution in [0.3, 0.4) is 0 Å². The summed E-state index contributed by atoms with van der Waals surface area (Å²) in [4.78, 5) is 6.07. The van der Waals surface area contributed by atoms with Gasteiger partial charge in [0.05, 0.1) is 10.6 Å². The van der Waals surface area contributed by atoms with E-state index in [4.69, 9.17) is 4.98 Å². The predicted octanol–water partition coefficient (Wildman–Crippen LogP) is 3.34. The van der Waals surface area contributed by atoms with Crippen molar-refractivity contribution in [3.8, 4) is 9.88 Å². The molecule has 1 aliphatic rings. The first-order valence-corrected chi connectivity index (χ1v) is 7.39. The van der Waals surface area contributed by atoms with Gasteiger partial charge in [0.25, 0.3) is 0 Å². The molecule has 16 heavy (non-hydrogen) atoms. The third kappa shape index (κ3) is 2.05. The first-order chi connectivity index (χ1) is 7.93. The van der Waals surface area contributed by atoms with Gasteiger partial charge in [0.2, 0.25) is 0 Å². The molecule has 0 saturated carbocycles. The molecule has 1 fully saturated rings. The normalized spacial score (nSPS) is 17.8. The summed E-state index contributed by atoms with van der Waals surface area (Å²) in [6, 6.07) is 4.24. The summed E-state index contributed by atoms with van der Waals surface area (Å²) in [7, 11) is 0. The molecule has 0 aliphatic carbocycles. The Morgan fingerprint density at radius 2 is 2.12 bits per heavy atom. The van der Waals surface area contributed by atoms with Gasteiger partial charge >= 0.3 is 0 Å². The third-order valence-electron chi connectivity index (χ3n) is 3.01. The molecule has 4 heteroatoms. The van der Waals surface area contributed by atoms with Crippen molar-refractivity contribution in [1.82, 2.24) is 10.3 Å². The SMILES string of the molecule is c1csc(-c2nc(C3CCNCC3)cs2)c1. The molecule has 0 atom stereocenters. The van der Waals surface area contributed by atoms with Crippen LogP contribution in [-0.4, -0.2) is 18.1 Å². The Kier molecular flexibility index (Phi) is 3.04. The lowest BCUT2D eigenvalue weighted by Gasteiger charge is -2.20. The average Bonchev–Trinajstić information content (AvgIpc) is 3.01. The van der Waals surface area contributed by atoms with Gasteiger partial charge in [0.1, 0.15) is 5.01 Å². The van der Waals surface area contributed by atoms with E-state index in [-0.39, 0.29) is 0 Å². The molecule has 1 saturated heterocycles. The Labute approximate surface area is 103 Å². The molecule has 3 heterocycles. The third-order valence-corrected chi connectivity index (χ3v) is 4.91. The van der Waals surface area contributed by atoms with Crippen LogP contribution in [0.2, 0.25) is 0 Å². The maximum atomic E-state index is 4.78. The highest BCUT2D eigenvalue weighted by Gasteiger charge is 2.18. The molecule has 0 spiro atoms. The molecule has 84 valence electrons. The van der Waals surface area contributed by atoms with Crippen LogP contribution in [0.4, 0.5) is 0 Å². The van der Waals surface area contributed by atoms with Crippen molar-refractivity contribution in [2.24, 2.45) is 0 Å². The number of nitrogens with zero attached hydrogens (tertiary/aromatic N) is 1. The smallest absolute Gasteiger partial charge is 0.133 e. The van der Waals surface area contributed by atoms with Crippen molar-refractivity contribution in [1.29, 1.82) is 0 Å². The topological polar surface area (TPSA) is 24.9 Å². The second-order valence-corrected chi connectivity index (χ2v) is 5.88. The minimum atomic E-state index is 0.672. The van der Waals surface area contributed by atoms with Crippen molar-refractivity contribution >= 4 is 22.7 Å². The van der Waals surface area contributed by atoms with Gasteiger partial charge < -0.3 is 5.32 Å². The molecular formula is C12H14N2S2. The van der Waals surface area contributed by atoms with Gasteiger partial charge in [-0.25, -0.2) is 4.98 Å². The standard InChI is InChI=1S/C12H14N2S2/c1-2-11(15-7-1)12-14-10(8-16-12)9-3-5-13-6-4-9/h1-2,7-9,13H,3-6H2. The Morgan fingerprint density at radius 3 is 2.88 bits per heavy atom. The van der Waals surface area contributed by atoms with Crippen LogP contribution >= 0.6 is 22.7 Å². The Morgan fingerprint density at radius 1 is 1.25 bits per heavy atom. The lowest BCUT2D eigenvalue weighted by Crippen LogP contribution is -2.26. The number of aromatic nitrogens is 1. The van der Waals surface area contributed by atoms with Crippen molar-refractivity contribution in [3.63, 3.8) is 0 Å². The number of nitrogens with one attached hydrogen (secondary N) is 1. The maximum absolute atomic E-state index is 4.78. The van der Waals surface area contributed by atoms with Gasteiger partial charge in [0, 0.05) is 11.3 Å². The lowest BCUT2D eigenvalue weighted by molar-refractivity contribution is 0.455. The van der Waals surface area contributed by atoms with Crippen molar-refractivity contribution < 1.29 is 0 Å². The highest BCUT2D eigenvalue weighted by atomic mass is 32.1. The lowest BCUT2D eigenvalue weighted by atomic mass is 9.95. The molecule has 0 radical (unpaired) electrons. The van der Waals surface area contributed by atoms with E-state index in [0.717, 1.165) is 13.1 Å². The Hall–Kier alpha value is -0.710. The number of thiophene rings is 1. The summed E-state index contributed by atoms with van der Waals surface area (Å²) >= 11 is 3.55. The maximum Gasteiger partial charge on any atom is 0.133 e. The van der Waals surface area contributed by atoms with E-state index >= 15 is 0 Å². The summed E-state index contributed by atoms with van der Waals surface area (Å²) in [6.07, 6.45) is 2.46. The zero-order chi connectivity index (χ0) is 10.8. The van der Waals surface area contributed by atoms with Crippen molar-refractivity contribution in [2.45, 2.75) is 18.8 Å². The van der Waals surface area contributed by atoms with Gasteiger partial charge in [-0.2, -0.15) is 0 Å². The van der Waals surface area contributed by atoms with E-state index in [1.54, 1.807) is 22.7 Å². The molecule has 0 bridgehead atoms. The number of rotatable bonds is 2. The molecule has 2 aromatic rings. The summed E-state index contributed by atoms with van der Waals surface area (Å²) in [5.41, 5.74) is 1.30. The van der Waals surface area contributed by atoms with Crippen LogP contribution < -0.4 is 5.32 Å². The van der Waals surface area contributed by atoms with Crippen LogP contribution in [0.15, 0.2) is 22.9 Å². The van der Waals surface area contributed by atoms with E-state index < -0.39 is 0 Å². The first-order valence-electron chi connectivity index (χ1n) is 5.63. The van der Waals surface area contributed by atoms with E-state index in [1.807, 2.05) is 0 Å². The van der Waals surface area contributed by atoms with Crippen LogP contribution in [0, 0.1) is 0 Å². The van der Waals surface area contributed by atoms with Crippen molar-refractivity contribution in [3.05, 3.63) is 28.6 Å². The van der Waals surface area contributed by atoms with Gasteiger partial charge in [-0.15, -0.1) is 22.7 Å². The first kappa shape index (κ1) is 10.4. The van der Waals surface area contributed by atoms with Gasteiger partial charge in [-0.3, -0.25) is 0 Å². The summed E-state index contributed by atoms with van der Waals surface area (Å²) in [5.74, 6) is 0.672.